The highest BCUT2D eigenvalue weighted by atomic mass is 35.7. The van der Waals surface area contributed by atoms with E-state index in [1.807, 2.05) is 6.55 Å². The van der Waals surface area contributed by atoms with Crippen molar-refractivity contribution in [2.24, 2.45) is 0 Å². The summed E-state index contributed by atoms with van der Waals surface area (Å²) in [6.45, 7) is 1.81. The summed E-state index contributed by atoms with van der Waals surface area (Å²) in [6, 6.07) is 0. The number of halogens is 4. The second-order valence-corrected chi connectivity index (χ2v) is 8.77. The zero-order valence-corrected chi connectivity index (χ0v) is 9.52. The molecule has 0 saturated heterocycles. The van der Waals surface area contributed by atoms with Gasteiger partial charge in [-0.1, -0.05) is 0 Å². The van der Waals surface area contributed by atoms with E-state index in [1.165, 1.54) is 0 Å². The molecular formula is C2H4Cl4OSi2. The summed E-state index contributed by atoms with van der Waals surface area (Å²) in [5, 5.41) is 0. The fourth-order valence-corrected chi connectivity index (χ4v) is 4.49. The Morgan fingerprint density at radius 3 is 1.89 bits per heavy atom. The van der Waals surface area contributed by atoms with Crippen LogP contribution in [0.4, 0.5) is 0 Å². The predicted molar refractivity (Wildman–Crippen MR) is 45.7 cm³/mol. The molecule has 9 heavy (non-hydrogen) atoms. The Bertz CT molecular complexity index is 79.0. The van der Waals surface area contributed by atoms with Crippen LogP contribution in [0.5, 0.6) is 0 Å². The summed E-state index contributed by atoms with van der Waals surface area (Å²) in [5.41, 5.74) is 0. The van der Waals surface area contributed by atoms with Crippen molar-refractivity contribution in [1.82, 2.24) is 0 Å². The smallest absolute Gasteiger partial charge is 0.427 e. The molecule has 0 aromatic carbocycles. The lowest BCUT2D eigenvalue weighted by Gasteiger charge is -2.09. The first-order valence-corrected chi connectivity index (χ1v) is 8.30. The van der Waals surface area contributed by atoms with Gasteiger partial charge in [0.25, 0.3) is 0 Å². The molecule has 0 spiro atoms. The Morgan fingerprint density at radius 1 is 1.33 bits per heavy atom. The normalized spacial score (nSPS) is 12.0. The highest BCUT2D eigenvalue weighted by molar-refractivity contribution is 7.32. The van der Waals surface area contributed by atoms with Crippen LogP contribution in [0.3, 0.4) is 0 Å². The number of rotatable bonds is 3. The van der Waals surface area contributed by atoms with Crippen molar-refractivity contribution in [1.29, 1.82) is 0 Å². The van der Waals surface area contributed by atoms with E-state index in [2.05, 4.69) is 0 Å². The number of alkyl halides is 2. The minimum absolute atomic E-state index is 0.465. The van der Waals surface area contributed by atoms with Crippen LogP contribution in [0.15, 0.2) is 0 Å². The Balaban J connectivity index is 3.38. The zero-order chi connectivity index (χ0) is 7.44. The van der Waals surface area contributed by atoms with E-state index in [4.69, 9.17) is 49.5 Å². The van der Waals surface area contributed by atoms with E-state index in [9.17, 15) is 0 Å². The molecule has 0 amide bonds. The first-order chi connectivity index (χ1) is 4.04. The lowest BCUT2D eigenvalue weighted by atomic mass is 11.8. The molecule has 0 aromatic rings. The van der Waals surface area contributed by atoms with Crippen molar-refractivity contribution in [3.63, 3.8) is 0 Å². The van der Waals surface area contributed by atoms with E-state index in [0.717, 1.165) is 0 Å². The standard InChI is InChI=1S/C2H4Cl4OSi2/c1-8(2(3)4)7-9(5)6/h2H,1H3. The van der Waals surface area contributed by atoms with Gasteiger partial charge in [-0.15, -0.1) is 45.4 Å². The summed E-state index contributed by atoms with van der Waals surface area (Å²) in [5.74, 6) is 0. The van der Waals surface area contributed by atoms with E-state index >= 15 is 0 Å². The van der Waals surface area contributed by atoms with Gasteiger partial charge >= 0.3 is 7.66 Å². The molecule has 0 aromatic heterocycles. The van der Waals surface area contributed by atoms with Gasteiger partial charge in [-0.05, 0) is 6.55 Å². The van der Waals surface area contributed by atoms with E-state index in [0.29, 0.717) is 0 Å². The molecule has 1 nitrogen and oxygen atoms in total. The number of hydrogen-bond donors (Lipinski definition) is 0. The molecule has 0 bridgehead atoms. The fourth-order valence-electron chi connectivity index (χ4n) is 0.166. The van der Waals surface area contributed by atoms with Crippen molar-refractivity contribution in [3.8, 4) is 0 Å². The zero-order valence-electron chi connectivity index (χ0n) is 4.50. The Kier molecular flexibility index (Phi) is 6.14. The second-order valence-electron chi connectivity index (χ2n) is 1.24. The van der Waals surface area contributed by atoms with Crippen molar-refractivity contribution >= 4 is 62.1 Å². The summed E-state index contributed by atoms with van der Waals surface area (Å²) >= 11 is 21.7. The molecule has 0 aliphatic carbocycles. The maximum atomic E-state index is 5.46. The maximum absolute atomic E-state index is 5.46. The third kappa shape index (κ3) is 5.97. The van der Waals surface area contributed by atoms with E-state index in [1.54, 1.807) is 0 Å². The lowest BCUT2D eigenvalue weighted by molar-refractivity contribution is 0.628. The van der Waals surface area contributed by atoms with Crippen LogP contribution in [0.2, 0.25) is 6.55 Å². The van der Waals surface area contributed by atoms with Gasteiger partial charge in [0.1, 0.15) is 4.46 Å². The third-order valence-corrected chi connectivity index (χ3v) is 6.30. The van der Waals surface area contributed by atoms with Gasteiger partial charge in [-0.25, -0.2) is 0 Å². The average molecular weight is 242 g/mol. The molecule has 0 heterocycles. The van der Waals surface area contributed by atoms with Crippen molar-refractivity contribution in [2.75, 3.05) is 0 Å². The van der Waals surface area contributed by atoms with Gasteiger partial charge < -0.3 is 4.12 Å². The number of hydrogen-bond acceptors (Lipinski definition) is 1. The molecule has 54 valence electrons. The van der Waals surface area contributed by atoms with E-state index < -0.39 is 21.2 Å². The van der Waals surface area contributed by atoms with Gasteiger partial charge in [0.15, 0.2) is 0 Å². The molecule has 7 heteroatoms. The van der Waals surface area contributed by atoms with Crippen molar-refractivity contribution < 1.29 is 4.12 Å². The maximum Gasteiger partial charge on any atom is 0.427 e. The SMILES string of the molecule is C[Si](O[Si](Cl)Cl)C(Cl)Cl. The summed E-state index contributed by atoms with van der Waals surface area (Å²) in [7, 11) is -2.85. The van der Waals surface area contributed by atoms with Crippen LogP contribution in [0, 0.1) is 0 Å². The summed E-state index contributed by atoms with van der Waals surface area (Å²) in [4.78, 5) is 0. The van der Waals surface area contributed by atoms with Crippen LogP contribution in [-0.4, -0.2) is 21.2 Å². The van der Waals surface area contributed by atoms with Gasteiger partial charge in [-0.3, -0.25) is 0 Å². The Hall–Kier alpha value is 1.55. The quantitative estimate of drug-likeness (QED) is 0.419. The van der Waals surface area contributed by atoms with Gasteiger partial charge in [0.05, 0.1) is 0 Å². The molecule has 0 rings (SSSR count). The molecule has 0 fully saturated rings. The minimum atomic E-state index is -1.66. The van der Waals surface area contributed by atoms with Crippen LogP contribution < -0.4 is 0 Å². The fraction of sp³-hybridized carbons (Fsp3) is 1.00. The van der Waals surface area contributed by atoms with Crippen LogP contribution in [0.25, 0.3) is 0 Å². The molecule has 0 aliphatic heterocycles. The van der Waals surface area contributed by atoms with Crippen LogP contribution >= 0.6 is 45.4 Å². The molecular weight excluding hydrogens is 238 g/mol. The predicted octanol–water partition coefficient (Wildman–Crippen LogP) is 2.43. The molecule has 0 aliphatic rings. The highest BCUT2D eigenvalue weighted by Crippen LogP contribution is 2.10. The average Bonchev–Trinajstić information content (AvgIpc) is 1.63. The van der Waals surface area contributed by atoms with Crippen LogP contribution in [0.1, 0.15) is 0 Å². The molecule has 0 saturated carbocycles. The summed E-state index contributed by atoms with van der Waals surface area (Å²) < 4.78 is 4.52. The largest absolute Gasteiger partial charge is 0.431 e. The molecule has 0 atom stereocenters. The summed E-state index contributed by atoms with van der Waals surface area (Å²) in [6.07, 6.45) is 0. The topological polar surface area (TPSA) is 9.23 Å². The van der Waals surface area contributed by atoms with Gasteiger partial charge in [0, 0.05) is 0 Å². The van der Waals surface area contributed by atoms with Crippen LogP contribution in [-0.2, 0) is 4.12 Å². The minimum Gasteiger partial charge on any atom is -0.431 e. The van der Waals surface area contributed by atoms with E-state index in [-0.39, 0.29) is 0 Å². The third-order valence-electron chi connectivity index (χ3n) is 0.545. The molecule has 2 radical (unpaired) electrons. The molecule has 0 unspecified atom stereocenters. The van der Waals surface area contributed by atoms with Crippen molar-refractivity contribution in [2.45, 2.75) is 11.0 Å². The monoisotopic (exact) mass is 240 g/mol. The molecule has 0 N–H and O–H groups in total. The van der Waals surface area contributed by atoms with Crippen molar-refractivity contribution in [3.05, 3.63) is 0 Å². The second kappa shape index (κ2) is 5.24. The Labute approximate surface area is 77.0 Å². The first-order valence-electron chi connectivity index (χ1n) is 2.01. The Morgan fingerprint density at radius 2 is 1.78 bits per heavy atom. The first kappa shape index (κ1) is 10.6. The highest BCUT2D eigenvalue weighted by Gasteiger charge is 2.19. The lowest BCUT2D eigenvalue weighted by Crippen LogP contribution is -2.25. The van der Waals surface area contributed by atoms with Gasteiger partial charge in [-0.2, -0.15) is 0 Å². The van der Waals surface area contributed by atoms with Gasteiger partial charge in [0.2, 0.25) is 9.04 Å².